The van der Waals surface area contributed by atoms with Gasteiger partial charge in [0, 0.05) is 38.6 Å². The van der Waals surface area contributed by atoms with Crippen molar-refractivity contribution in [3.8, 4) is 0 Å². The van der Waals surface area contributed by atoms with Gasteiger partial charge in [-0.15, -0.1) is 0 Å². The van der Waals surface area contributed by atoms with Crippen molar-refractivity contribution in [3.05, 3.63) is 54.4 Å². The number of likely N-dealkylation sites (N-methyl/N-ethyl adjacent to an activating group) is 1. The minimum atomic E-state index is -5.60. The van der Waals surface area contributed by atoms with Gasteiger partial charge >= 0.3 is 11.5 Å². The number of benzene rings is 1. The summed E-state index contributed by atoms with van der Waals surface area (Å²) >= 11 is 0. The van der Waals surface area contributed by atoms with E-state index in [2.05, 4.69) is 15.2 Å². The fourth-order valence-corrected chi connectivity index (χ4v) is 5.19. The van der Waals surface area contributed by atoms with Gasteiger partial charge in [0.2, 0.25) is 5.91 Å². The van der Waals surface area contributed by atoms with Crippen molar-refractivity contribution in [2.24, 2.45) is 0 Å². The number of nitrogens with zero attached hydrogens (tertiary/aromatic N) is 5. The lowest BCUT2D eigenvalue weighted by Gasteiger charge is -2.34. The van der Waals surface area contributed by atoms with Gasteiger partial charge in [0.1, 0.15) is 12.2 Å². The Balaban J connectivity index is 1.59. The fraction of sp³-hybridized carbons (Fsp3) is 0.417. The number of aromatic nitrogens is 1. The molecule has 15 heteroatoms. The van der Waals surface area contributed by atoms with E-state index in [1.165, 1.54) is 24.2 Å². The van der Waals surface area contributed by atoms with E-state index in [9.17, 15) is 36.0 Å². The molecular formula is C24H27F3N6O5S. The quantitative estimate of drug-likeness (QED) is 0.500. The summed E-state index contributed by atoms with van der Waals surface area (Å²) in [6, 6.07) is 4.57. The summed E-state index contributed by atoms with van der Waals surface area (Å²) in [7, 11) is -3.61. The lowest BCUT2D eigenvalue weighted by molar-refractivity contribution is -0.126. The molecule has 0 radical (unpaired) electrons. The molecule has 2 aliphatic heterocycles. The molecule has 0 saturated carbocycles. The number of anilines is 1. The molecule has 3 heterocycles. The Morgan fingerprint density at radius 2 is 1.64 bits per heavy atom. The maximum Gasteiger partial charge on any atom is 0.501 e. The van der Waals surface area contributed by atoms with Crippen LogP contribution in [0.1, 0.15) is 18.7 Å². The van der Waals surface area contributed by atoms with E-state index in [-0.39, 0.29) is 18.1 Å². The molecule has 2 atom stereocenters. The maximum atomic E-state index is 13.5. The number of sulfone groups is 1. The Hall–Kier alpha value is -3.56. The third-order valence-corrected chi connectivity index (χ3v) is 8.18. The summed E-state index contributed by atoms with van der Waals surface area (Å²) in [6.07, 6.45) is 1.90. The highest BCUT2D eigenvalue weighted by Crippen LogP contribution is 2.34. The number of carbonyl (C=O) groups is 3. The van der Waals surface area contributed by atoms with E-state index in [1.807, 2.05) is 11.9 Å². The monoisotopic (exact) mass is 568 g/mol. The smallest absolute Gasteiger partial charge is 0.331 e. The molecule has 1 aromatic heterocycles. The van der Waals surface area contributed by atoms with Gasteiger partial charge in [-0.1, -0.05) is 0 Å². The number of carbonyl (C=O) groups excluding carboxylic acids is 3. The molecule has 2 aliphatic rings. The first-order valence-electron chi connectivity index (χ1n) is 12.0. The molecule has 2 unspecified atom stereocenters. The topological polar surface area (TPSA) is 123 Å². The summed E-state index contributed by atoms with van der Waals surface area (Å²) < 4.78 is 62.1. The van der Waals surface area contributed by atoms with Crippen molar-refractivity contribution in [1.29, 1.82) is 0 Å². The molecule has 2 aromatic rings. The van der Waals surface area contributed by atoms with E-state index in [0.29, 0.717) is 30.8 Å². The molecule has 39 heavy (non-hydrogen) atoms. The number of pyridine rings is 1. The summed E-state index contributed by atoms with van der Waals surface area (Å²) in [6.45, 7) is 4.52. The molecule has 4 rings (SSSR count). The molecule has 1 aromatic carbocycles. The summed E-state index contributed by atoms with van der Waals surface area (Å²) in [4.78, 5) is 48.7. The SMILES string of the molecule is CC1C(=O)N(c2ccc(S(=O)(=O)C(F)(F)F)cc2)C(=O)N1C(NC(=O)CN1CCN(C)CC1)c1ccncc1. The second-order valence-electron chi connectivity index (χ2n) is 9.31. The largest absolute Gasteiger partial charge is 0.501 e. The number of rotatable bonds is 7. The second-order valence-corrected chi connectivity index (χ2v) is 11.3. The Bertz CT molecular complexity index is 1330. The van der Waals surface area contributed by atoms with Gasteiger partial charge < -0.3 is 10.2 Å². The minimum Gasteiger partial charge on any atom is -0.331 e. The van der Waals surface area contributed by atoms with Crippen LogP contribution in [-0.2, 0) is 19.4 Å². The molecule has 0 bridgehead atoms. The third kappa shape index (κ3) is 5.74. The number of imide groups is 1. The Kier molecular flexibility index (Phi) is 7.95. The van der Waals surface area contributed by atoms with Crippen molar-refractivity contribution in [3.63, 3.8) is 0 Å². The fourth-order valence-electron chi connectivity index (χ4n) is 4.43. The summed E-state index contributed by atoms with van der Waals surface area (Å²) in [5.41, 5.74) is -5.13. The third-order valence-electron chi connectivity index (χ3n) is 6.68. The zero-order chi connectivity index (χ0) is 28.5. The van der Waals surface area contributed by atoms with Crippen molar-refractivity contribution in [2.45, 2.75) is 29.5 Å². The van der Waals surface area contributed by atoms with Crippen molar-refractivity contribution in [2.75, 3.05) is 44.7 Å². The van der Waals surface area contributed by atoms with Gasteiger partial charge in [0.25, 0.3) is 15.7 Å². The average Bonchev–Trinajstić information content (AvgIpc) is 3.11. The van der Waals surface area contributed by atoms with Crippen molar-refractivity contribution >= 4 is 33.4 Å². The van der Waals surface area contributed by atoms with E-state index in [0.717, 1.165) is 30.1 Å². The molecule has 210 valence electrons. The van der Waals surface area contributed by atoms with Crippen LogP contribution in [0.25, 0.3) is 0 Å². The first kappa shape index (κ1) is 28.4. The number of hydrogen-bond acceptors (Lipinski definition) is 8. The van der Waals surface area contributed by atoms with E-state index < -0.39 is 44.4 Å². The molecule has 4 amide bonds. The number of hydrogen-bond donors (Lipinski definition) is 1. The maximum absolute atomic E-state index is 13.5. The Morgan fingerprint density at radius 3 is 2.21 bits per heavy atom. The van der Waals surface area contributed by atoms with Crippen LogP contribution in [0.3, 0.4) is 0 Å². The molecule has 11 nitrogen and oxygen atoms in total. The van der Waals surface area contributed by atoms with Gasteiger partial charge in [-0.25, -0.2) is 18.1 Å². The normalized spacial score (nSPS) is 20.4. The number of nitrogens with one attached hydrogen (secondary N) is 1. The lowest BCUT2D eigenvalue weighted by Crippen LogP contribution is -2.51. The molecule has 0 aliphatic carbocycles. The Morgan fingerprint density at radius 1 is 1.05 bits per heavy atom. The number of amides is 4. The van der Waals surface area contributed by atoms with Gasteiger partial charge in [0.15, 0.2) is 0 Å². The van der Waals surface area contributed by atoms with Crippen LogP contribution in [0.2, 0.25) is 0 Å². The molecule has 2 saturated heterocycles. The van der Waals surface area contributed by atoms with Gasteiger partial charge in [-0.3, -0.25) is 24.4 Å². The van der Waals surface area contributed by atoms with Gasteiger partial charge in [-0.05, 0) is 55.9 Å². The Labute approximate surface area is 223 Å². The number of piperazine rings is 1. The second kappa shape index (κ2) is 10.9. The molecule has 2 fully saturated rings. The van der Waals surface area contributed by atoms with Crippen molar-refractivity contribution < 1.29 is 36.0 Å². The van der Waals surface area contributed by atoms with Crippen LogP contribution in [-0.4, -0.2) is 97.3 Å². The first-order valence-corrected chi connectivity index (χ1v) is 13.5. The predicted molar refractivity (Wildman–Crippen MR) is 133 cm³/mol. The highest BCUT2D eigenvalue weighted by molar-refractivity contribution is 7.92. The van der Waals surface area contributed by atoms with Crippen LogP contribution in [0.15, 0.2) is 53.7 Å². The number of halogens is 3. The van der Waals surface area contributed by atoms with E-state index in [4.69, 9.17) is 0 Å². The lowest BCUT2D eigenvalue weighted by atomic mass is 10.1. The van der Waals surface area contributed by atoms with Crippen LogP contribution < -0.4 is 10.2 Å². The minimum absolute atomic E-state index is 0.0820. The van der Waals surface area contributed by atoms with Crippen LogP contribution >= 0.6 is 0 Å². The molecular weight excluding hydrogens is 541 g/mol. The molecule has 1 N–H and O–H groups in total. The standard InChI is InChI=1S/C24H27F3N6O5S/c1-16-22(35)33(18-3-5-19(6-4-18)39(37,38)24(25,26)27)23(36)32(16)21(17-7-9-28-10-8-17)29-20(34)15-31-13-11-30(2)12-14-31/h3-10,16,21H,11-15H2,1-2H3,(H,29,34). The summed E-state index contributed by atoms with van der Waals surface area (Å²) in [5.74, 6) is -1.06. The zero-order valence-corrected chi connectivity index (χ0v) is 21.9. The predicted octanol–water partition coefficient (Wildman–Crippen LogP) is 1.59. The van der Waals surface area contributed by atoms with Crippen molar-refractivity contribution in [1.82, 2.24) is 25.0 Å². The molecule has 0 spiro atoms. The van der Waals surface area contributed by atoms with E-state index in [1.54, 1.807) is 12.1 Å². The average molecular weight is 569 g/mol. The van der Waals surface area contributed by atoms with Crippen LogP contribution in [0, 0.1) is 0 Å². The zero-order valence-electron chi connectivity index (χ0n) is 21.1. The highest BCUT2D eigenvalue weighted by Gasteiger charge is 2.49. The van der Waals surface area contributed by atoms with E-state index >= 15 is 0 Å². The number of alkyl halides is 3. The van der Waals surface area contributed by atoms with Gasteiger partial charge in [0.05, 0.1) is 17.1 Å². The van der Waals surface area contributed by atoms with Gasteiger partial charge in [-0.2, -0.15) is 13.2 Å². The number of urea groups is 1. The summed E-state index contributed by atoms with van der Waals surface area (Å²) in [5, 5.41) is 2.83. The van der Waals surface area contributed by atoms with Crippen LogP contribution in [0.4, 0.5) is 23.7 Å². The highest BCUT2D eigenvalue weighted by atomic mass is 32.2. The van der Waals surface area contributed by atoms with Crippen LogP contribution in [0.5, 0.6) is 0 Å². The first-order chi connectivity index (χ1) is 18.3.